The van der Waals surface area contributed by atoms with Crippen LogP contribution in [0.5, 0.6) is 0 Å². The van der Waals surface area contributed by atoms with Gasteiger partial charge in [0.2, 0.25) is 0 Å². The molecule has 2 heterocycles. The van der Waals surface area contributed by atoms with E-state index in [-0.39, 0.29) is 0 Å². The average molecular weight is 137 g/mol. The molecule has 2 saturated heterocycles. The van der Waals surface area contributed by atoms with Crippen LogP contribution >= 0.6 is 0 Å². The smallest absolute Gasteiger partial charge is 0.0305 e. The summed E-state index contributed by atoms with van der Waals surface area (Å²) in [7, 11) is 2.24. The molecule has 0 aromatic carbocycles. The number of piperidine rings is 1. The predicted molar refractivity (Wildman–Crippen MR) is 42.9 cm³/mol. The van der Waals surface area contributed by atoms with E-state index in [1.165, 1.54) is 31.3 Å². The summed E-state index contributed by atoms with van der Waals surface area (Å²) < 4.78 is 0. The third-order valence-corrected chi connectivity index (χ3v) is 3.11. The summed E-state index contributed by atoms with van der Waals surface area (Å²) in [4.78, 5) is 2.51. The van der Waals surface area contributed by atoms with Crippen LogP contribution in [0.1, 0.15) is 25.7 Å². The van der Waals surface area contributed by atoms with Gasteiger partial charge in [-0.05, 0) is 32.7 Å². The lowest BCUT2D eigenvalue weighted by molar-refractivity contribution is 0.222. The maximum Gasteiger partial charge on any atom is 0.0305 e. The number of hydrogen-bond acceptors (Lipinski definition) is 1. The van der Waals surface area contributed by atoms with Crippen molar-refractivity contribution in [1.82, 2.24) is 4.90 Å². The Morgan fingerprint density at radius 1 is 1.40 bits per heavy atom. The lowest BCUT2D eigenvalue weighted by Gasteiger charge is -2.32. The minimum Gasteiger partial charge on any atom is -0.297 e. The molecule has 0 aromatic rings. The first-order valence-corrected chi connectivity index (χ1v) is 4.18. The Morgan fingerprint density at radius 3 is 2.90 bits per heavy atom. The van der Waals surface area contributed by atoms with Crippen LogP contribution in [0.4, 0.5) is 0 Å². The van der Waals surface area contributed by atoms with Gasteiger partial charge in [-0.15, -0.1) is 0 Å². The molecule has 0 aliphatic carbocycles. The van der Waals surface area contributed by atoms with E-state index in [2.05, 4.69) is 18.5 Å². The SMILES string of the molecule is C=C1CC[C@H]2CCC1N2C. The molecule has 1 heteroatoms. The first-order chi connectivity index (χ1) is 4.79. The van der Waals surface area contributed by atoms with Crippen molar-refractivity contribution in [3.8, 4) is 0 Å². The van der Waals surface area contributed by atoms with Crippen molar-refractivity contribution < 1.29 is 0 Å². The number of hydrogen-bond donors (Lipinski definition) is 0. The largest absolute Gasteiger partial charge is 0.297 e. The van der Waals surface area contributed by atoms with E-state index in [1.54, 1.807) is 0 Å². The number of rotatable bonds is 0. The lowest BCUT2D eigenvalue weighted by atomic mass is 9.99. The van der Waals surface area contributed by atoms with Crippen LogP contribution in [0.15, 0.2) is 12.2 Å². The second-order valence-corrected chi connectivity index (χ2v) is 3.61. The molecule has 2 fully saturated rings. The molecule has 0 amide bonds. The van der Waals surface area contributed by atoms with Crippen molar-refractivity contribution in [2.75, 3.05) is 7.05 Å². The lowest BCUT2D eigenvalue weighted by Crippen LogP contribution is -2.37. The molecule has 0 radical (unpaired) electrons. The zero-order chi connectivity index (χ0) is 7.14. The second-order valence-electron chi connectivity index (χ2n) is 3.61. The van der Waals surface area contributed by atoms with Gasteiger partial charge in [-0.1, -0.05) is 12.2 Å². The zero-order valence-electron chi connectivity index (χ0n) is 6.64. The number of fused-ring (bicyclic) bond motifs is 2. The van der Waals surface area contributed by atoms with Crippen LogP contribution < -0.4 is 0 Å². The summed E-state index contributed by atoms with van der Waals surface area (Å²) in [6.45, 7) is 4.10. The van der Waals surface area contributed by atoms with Gasteiger partial charge in [-0.3, -0.25) is 4.90 Å². The van der Waals surface area contributed by atoms with Gasteiger partial charge in [0.1, 0.15) is 0 Å². The van der Waals surface area contributed by atoms with Gasteiger partial charge in [0.15, 0.2) is 0 Å². The van der Waals surface area contributed by atoms with Gasteiger partial charge in [-0.25, -0.2) is 0 Å². The molecule has 0 spiro atoms. The highest BCUT2D eigenvalue weighted by Crippen LogP contribution is 2.36. The predicted octanol–water partition coefficient (Wildman–Crippen LogP) is 1.80. The van der Waals surface area contributed by atoms with Crippen molar-refractivity contribution in [3.05, 3.63) is 12.2 Å². The van der Waals surface area contributed by atoms with E-state index in [9.17, 15) is 0 Å². The monoisotopic (exact) mass is 137 g/mol. The molecule has 1 nitrogen and oxygen atoms in total. The Morgan fingerprint density at radius 2 is 2.20 bits per heavy atom. The van der Waals surface area contributed by atoms with Gasteiger partial charge < -0.3 is 0 Å². The van der Waals surface area contributed by atoms with Crippen LogP contribution in [0.2, 0.25) is 0 Å². The fraction of sp³-hybridized carbons (Fsp3) is 0.778. The van der Waals surface area contributed by atoms with E-state index < -0.39 is 0 Å². The number of nitrogens with zero attached hydrogens (tertiary/aromatic N) is 1. The zero-order valence-corrected chi connectivity index (χ0v) is 6.64. The Bertz CT molecular complexity index is 162. The quantitative estimate of drug-likeness (QED) is 0.460. The maximum absolute atomic E-state index is 4.10. The Balaban J connectivity index is 2.20. The fourth-order valence-corrected chi connectivity index (χ4v) is 2.37. The molecular formula is C9H15N. The summed E-state index contributed by atoms with van der Waals surface area (Å²) in [6.07, 6.45) is 5.39. The maximum atomic E-state index is 4.10. The number of likely N-dealkylation sites (N-methyl/N-ethyl adjacent to an activating group) is 1. The van der Waals surface area contributed by atoms with Gasteiger partial charge in [0, 0.05) is 12.1 Å². The summed E-state index contributed by atoms with van der Waals surface area (Å²) in [5.74, 6) is 0. The van der Waals surface area contributed by atoms with E-state index >= 15 is 0 Å². The topological polar surface area (TPSA) is 3.24 Å². The molecule has 0 N–H and O–H groups in total. The first-order valence-electron chi connectivity index (χ1n) is 4.18. The first kappa shape index (κ1) is 6.41. The van der Waals surface area contributed by atoms with Crippen LogP contribution in [0.3, 0.4) is 0 Å². The second kappa shape index (κ2) is 2.09. The third kappa shape index (κ3) is 0.734. The molecule has 2 atom stereocenters. The van der Waals surface area contributed by atoms with Crippen molar-refractivity contribution >= 4 is 0 Å². The standard InChI is InChI=1S/C9H15N/c1-7-3-4-8-5-6-9(7)10(8)2/h8-9H,1,3-6H2,2H3/t8-,9?/m0/s1. The fourth-order valence-electron chi connectivity index (χ4n) is 2.37. The summed E-state index contributed by atoms with van der Waals surface area (Å²) in [6, 6.07) is 1.62. The van der Waals surface area contributed by atoms with Gasteiger partial charge in [0.05, 0.1) is 0 Å². The molecule has 2 bridgehead atoms. The van der Waals surface area contributed by atoms with E-state index in [1.807, 2.05) is 0 Å². The Labute approximate surface area is 62.7 Å². The van der Waals surface area contributed by atoms with Crippen molar-refractivity contribution in [2.45, 2.75) is 37.8 Å². The summed E-state index contributed by atoms with van der Waals surface area (Å²) in [5, 5.41) is 0. The Kier molecular flexibility index (Phi) is 1.34. The normalized spacial score (nSPS) is 40.7. The van der Waals surface area contributed by atoms with Gasteiger partial charge in [-0.2, -0.15) is 0 Å². The van der Waals surface area contributed by atoms with Crippen molar-refractivity contribution in [2.24, 2.45) is 0 Å². The molecule has 0 aromatic heterocycles. The van der Waals surface area contributed by atoms with Crippen molar-refractivity contribution in [1.29, 1.82) is 0 Å². The van der Waals surface area contributed by atoms with Gasteiger partial charge in [0.25, 0.3) is 0 Å². The van der Waals surface area contributed by atoms with Gasteiger partial charge >= 0.3 is 0 Å². The minimum absolute atomic E-state index is 0.735. The molecule has 2 rings (SSSR count). The highest BCUT2D eigenvalue weighted by Gasteiger charge is 2.35. The molecular weight excluding hydrogens is 122 g/mol. The third-order valence-electron chi connectivity index (χ3n) is 3.11. The van der Waals surface area contributed by atoms with Crippen LogP contribution in [-0.2, 0) is 0 Å². The van der Waals surface area contributed by atoms with E-state index in [4.69, 9.17) is 0 Å². The highest BCUT2D eigenvalue weighted by molar-refractivity contribution is 5.14. The average Bonchev–Trinajstić information content (AvgIpc) is 2.13. The van der Waals surface area contributed by atoms with Crippen molar-refractivity contribution in [3.63, 3.8) is 0 Å². The Hall–Kier alpha value is -0.300. The van der Waals surface area contributed by atoms with Crippen LogP contribution in [0, 0.1) is 0 Å². The molecule has 2 aliphatic heterocycles. The molecule has 1 unspecified atom stereocenters. The van der Waals surface area contributed by atoms with Crippen LogP contribution in [-0.4, -0.2) is 24.0 Å². The van der Waals surface area contributed by atoms with Crippen LogP contribution in [0.25, 0.3) is 0 Å². The molecule has 56 valence electrons. The highest BCUT2D eigenvalue weighted by atomic mass is 15.2. The van der Waals surface area contributed by atoms with E-state index in [0.717, 1.165) is 12.1 Å². The van der Waals surface area contributed by atoms with E-state index in [0.29, 0.717) is 0 Å². The molecule has 0 saturated carbocycles. The molecule has 2 aliphatic rings. The minimum atomic E-state index is 0.735. The summed E-state index contributed by atoms with van der Waals surface area (Å²) >= 11 is 0. The molecule has 10 heavy (non-hydrogen) atoms. The summed E-state index contributed by atoms with van der Waals surface area (Å²) in [5.41, 5.74) is 1.47.